The van der Waals surface area contributed by atoms with Crippen LogP contribution in [0, 0.1) is 16.0 Å². The van der Waals surface area contributed by atoms with E-state index in [2.05, 4.69) is 10.1 Å². The van der Waals surface area contributed by atoms with Crippen LogP contribution in [0.3, 0.4) is 0 Å². The van der Waals surface area contributed by atoms with Gasteiger partial charge in [-0.3, -0.25) is 14.9 Å². The van der Waals surface area contributed by atoms with Gasteiger partial charge in [-0.25, -0.2) is 4.79 Å². The topological polar surface area (TPSA) is 128 Å². The summed E-state index contributed by atoms with van der Waals surface area (Å²) in [6.07, 6.45) is 0. The van der Waals surface area contributed by atoms with Crippen LogP contribution in [0.25, 0.3) is 0 Å². The second-order valence-corrected chi connectivity index (χ2v) is 4.71. The molecule has 1 heterocycles. The third-order valence-corrected chi connectivity index (χ3v) is 3.35. The molecule has 2 rings (SSSR count). The molecule has 0 amide bonds. The van der Waals surface area contributed by atoms with Crippen molar-refractivity contribution in [3.8, 4) is 0 Å². The first kappa shape index (κ1) is 15.7. The maximum absolute atomic E-state index is 11.5. The summed E-state index contributed by atoms with van der Waals surface area (Å²) in [5.41, 5.74) is -0.0836. The van der Waals surface area contributed by atoms with Crippen LogP contribution < -0.4 is 5.32 Å². The van der Waals surface area contributed by atoms with Gasteiger partial charge < -0.3 is 19.9 Å². The number of hydrogen-bond acceptors (Lipinski definition) is 7. The van der Waals surface area contributed by atoms with E-state index in [4.69, 9.17) is 9.84 Å². The number of aliphatic carboxylic acids is 1. The van der Waals surface area contributed by atoms with Crippen molar-refractivity contribution in [2.24, 2.45) is 5.92 Å². The largest absolute Gasteiger partial charge is 0.481 e. The number of carbonyl (C=O) groups is 2. The standard InChI is InChI=1S/C13H14N2O7/c1-21-13(18)7-2-3-11(15(19)20)9(4-7)14-10-6-22-5-8(10)12(16)17/h2-4,8,10,14H,5-6H2,1H3,(H,16,17)/t8-,10?/m0/s1. The first-order valence-corrected chi connectivity index (χ1v) is 6.38. The Kier molecular flexibility index (Phi) is 4.56. The molecule has 2 N–H and O–H groups in total. The van der Waals surface area contributed by atoms with Gasteiger partial charge in [-0.15, -0.1) is 0 Å². The first-order valence-electron chi connectivity index (χ1n) is 6.38. The second-order valence-electron chi connectivity index (χ2n) is 4.71. The zero-order chi connectivity index (χ0) is 16.3. The van der Waals surface area contributed by atoms with Gasteiger partial charge in [0.1, 0.15) is 11.6 Å². The van der Waals surface area contributed by atoms with Gasteiger partial charge >= 0.3 is 11.9 Å². The van der Waals surface area contributed by atoms with E-state index < -0.39 is 28.8 Å². The van der Waals surface area contributed by atoms with E-state index >= 15 is 0 Å². The molecule has 1 saturated heterocycles. The fourth-order valence-corrected chi connectivity index (χ4v) is 2.20. The first-order chi connectivity index (χ1) is 10.4. The summed E-state index contributed by atoms with van der Waals surface area (Å²) >= 11 is 0. The van der Waals surface area contributed by atoms with E-state index in [1.54, 1.807) is 0 Å². The maximum Gasteiger partial charge on any atom is 0.337 e. The third kappa shape index (κ3) is 3.14. The number of carboxylic acid groups (broad SMARTS) is 1. The Morgan fingerprint density at radius 2 is 2.18 bits per heavy atom. The molecule has 1 fully saturated rings. The highest BCUT2D eigenvalue weighted by atomic mass is 16.6. The summed E-state index contributed by atoms with van der Waals surface area (Å²) < 4.78 is 9.66. The molecule has 0 aromatic heterocycles. The molecule has 0 spiro atoms. The van der Waals surface area contributed by atoms with Gasteiger partial charge in [-0.05, 0) is 12.1 Å². The molecule has 0 radical (unpaired) electrons. The number of nitro benzene ring substituents is 1. The minimum absolute atomic E-state index is 0.0253. The summed E-state index contributed by atoms with van der Waals surface area (Å²) in [5, 5.41) is 22.9. The molecular formula is C13H14N2O7. The fraction of sp³-hybridized carbons (Fsp3) is 0.385. The van der Waals surface area contributed by atoms with Crippen molar-refractivity contribution in [2.45, 2.75) is 6.04 Å². The van der Waals surface area contributed by atoms with Crippen molar-refractivity contribution >= 4 is 23.3 Å². The van der Waals surface area contributed by atoms with E-state index in [0.717, 1.165) is 0 Å². The van der Waals surface area contributed by atoms with E-state index in [1.165, 1.54) is 25.3 Å². The lowest BCUT2D eigenvalue weighted by Gasteiger charge is -2.17. The Labute approximate surface area is 125 Å². The van der Waals surface area contributed by atoms with Crippen molar-refractivity contribution in [1.82, 2.24) is 0 Å². The fourth-order valence-electron chi connectivity index (χ4n) is 2.20. The number of nitrogens with one attached hydrogen (secondary N) is 1. The number of benzene rings is 1. The van der Waals surface area contributed by atoms with Crippen molar-refractivity contribution in [3.63, 3.8) is 0 Å². The summed E-state index contributed by atoms with van der Waals surface area (Å²) in [7, 11) is 1.20. The molecule has 1 aromatic rings. The zero-order valence-electron chi connectivity index (χ0n) is 11.6. The van der Waals surface area contributed by atoms with Crippen molar-refractivity contribution in [1.29, 1.82) is 0 Å². The van der Waals surface area contributed by atoms with Gasteiger partial charge in [0.25, 0.3) is 5.69 Å². The zero-order valence-corrected chi connectivity index (χ0v) is 11.6. The predicted octanol–water partition coefficient (Wildman–Crippen LogP) is 0.893. The van der Waals surface area contributed by atoms with Crippen LogP contribution in [-0.2, 0) is 14.3 Å². The van der Waals surface area contributed by atoms with E-state index in [9.17, 15) is 19.7 Å². The molecule has 118 valence electrons. The van der Waals surface area contributed by atoms with Gasteiger partial charge in [-0.1, -0.05) is 0 Å². The van der Waals surface area contributed by atoms with Crippen LogP contribution in [0.15, 0.2) is 18.2 Å². The van der Waals surface area contributed by atoms with Gasteiger partial charge in [0, 0.05) is 6.07 Å². The number of ether oxygens (including phenoxy) is 2. The number of nitro groups is 1. The molecule has 0 bridgehead atoms. The van der Waals surface area contributed by atoms with Crippen molar-refractivity contribution in [2.75, 3.05) is 25.6 Å². The minimum atomic E-state index is -1.05. The smallest absolute Gasteiger partial charge is 0.337 e. The summed E-state index contributed by atoms with van der Waals surface area (Å²) in [6.45, 7) is 0.133. The second kappa shape index (κ2) is 6.39. The summed E-state index contributed by atoms with van der Waals surface area (Å²) in [6, 6.07) is 3.08. The molecule has 0 saturated carbocycles. The molecule has 9 heteroatoms. The normalized spacial score (nSPS) is 20.4. The SMILES string of the molecule is COC(=O)c1ccc([N+](=O)[O-])c(NC2COC[C@@H]2C(=O)O)c1. The number of rotatable bonds is 5. The van der Waals surface area contributed by atoms with E-state index in [-0.39, 0.29) is 30.2 Å². The molecule has 2 atom stereocenters. The lowest BCUT2D eigenvalue weighted by molar-refractivity contribution is -0.384. The Morgan fingerprint density at radius 3 is 2.77 bits per heavy atom. The lowest BCUT2D eigenvalue weighted by Crippen LogP contribution is -2.33. The third-order valence-electron chi connectivity index (χ3n) is 3.35. The Hall–Kier alpha value is -2.68. The number of nitrogens with zero attached hydrogens (tertiary/aromatic N) is 1. The summed E-state index contributed by atoms with van der Waals surface area (Å²) in [5.74, 6) is -2.52. The highest BCUT2D eigenvalue weighted by Crippen LogP contribution is 2.29. The molecule has 22 heavy (non-hydrogen) atoms. The number of anilines is 1. The molecular weight excluding hydrogens is 296 g/mol. The highest BCUT2D eigenvalue weighted by molar-refractivity contribution is 5.91. The lowest BCUT2D eigenvalue weighted by atomic mass is 10.0. The number of esters is 1. The van der Waals surface area contributed by atoms with Crippen LogP contribution in [0.5, 0.6) is 0 Å². The number of methoxy groups -OCH3 is 1. The predicted molar refractivity (Wildman–Crippen MR) is 73.8 cm³/mol. The molecule has 0 aliphatic carbocycles. The Morgan fingerprint density at radius 1 is 1.45 bits per heavy atom. The molecule has 9 nitrogen and oxygen atoms in total. The van der Waals surface area contributed by atoms with E-state index in [1.807, 2.05) is 0 Å². The van der Waals surface area contributed by atoms with Crippen LogP contribution >= 0.6 is 0 Å². The van der Waals surface area contributed by atoms with Crippen molar-refractivity contribution in [3.05, 3.63) is 33.9 Å². The van der Waals surface area contributed by atoms with Crippen molar-refractivity contribution < 1.29 is 29.1 Å². The monoisotopic (exact) mass is 310 g/mol. The molecule has 1 aliphatic rings. The molecule has 1 aliphatic heterocycles. The van der Waals surface area contributed by atoms with E-state index in [0.29, 0.717) is 0 Å². The van der Waals surface area contributed by atoms with Crippen LogP contribution in [-0.4, -0.2) is 48.3 Å². The van der Waals surface area contributed by atoms with Crippen LogP contribution in [0.2, 0.25) is 0 Å². The number of carbonyl (C=O) groups excluding carboxylic acids is 1. The van der Waals surface area contributed by atoms with Crippen LogP contribution in [0.1, 0.15) is 10.4 Å². The molecule has 1 unspecified atom stereocenters. The molecule has 1 aromatic carbocycles. The average molecular weight is 310 g/mol. The van der Waals surface area contributed by atoms with Gasteiger partial charge in [-0.2, -0.15) is 0 Å². The quantitative estimate of drug-likeness (QED) is 0.466. The van der Waals surface area contributed by atoms with Gasteiger partial charge in [0.15, 0.2) is 0 Å². The Balaban J connectivity index is 2.32. The average Bonchev–Trinajstić information content (AvgIpc) is 2.94. The maximum atomic E-state index is 11.5. The van der Waals surface area contributed by atoms with Gasteiger partial charge in [0.05, 0.1) is 36.9 Å². The highest BCUT2D eigenvalue weighted by Gasteiger charge is 2.35. The number of hydrogen-bond donors (Lipinski definition) is 2. The van der Waals surface area contributed by atoms with Gasteiger partial charge in [0.2, 0.25) is 0 Å². The summed E-state index contributed by atoms with van der Waals surface area (Å²) in [4.78, 5) is 33.1. The van der Waals surface area contributed by atoms with Crippen LogP contribution in [0.4, 0.5) is 11.4 Å². The minimum Gasteiger partial charge on any atom is -0.481 e. The number of carboxylic acids is 1. The Bertz CT molecular complexity index is 616.